The second-order valence-electron chi connectivity index (χ2n) is 8.05. The lowest BCUT2D eigenvalue weighted by atomic mass is 10.1. The molecule has 1 atom stereocenters. The van der Waals surface area contributed by atoms with Crippen LogP contribution in [0.25, 0.3) is 27.6 Å². The van der Waals surface area contributed by atoms with Crippen molar-refractivity contribution in [1.82, 2.24) is 19.4 Å². The molecule has 0 radical (unpaired) electrons. The van der Waals surface area contributed by atoms with Gasteiger partial charge in [0.2, 0.25) is 0 Å². The second-order valence-corrected chi connectivity index (χ2v) is 8.48. The molecule has 3 heterocycles. The van der Waals surface area contributed by atoms with Crippen molar-refractivity contribution in [3.63, 3.8) is 0 Å². The predicted octanol–water partition coefficient (Wildman–Crippen LogP) is 3.24. The Hall–Kier alpha value is -3.03. The molecule has 8 heteroatoms. The first-order valence-corrected chi connectivity index (χ1v) is 10.3. The number of aromatic amines is 1. The fourth-order valence-electron chi connectivity index (χ4n) is 4.29. The number of rotatable bonds is 3. The molecule has 0 bridgehead atoms. The summed E-state index contributed by atoms with van der Waals surface area (Å²) in [6.45, 7) is 2.02. The van der Waals surface area contributed by atoms with Crippen LogP contribution in [0.15, 0.2) is 47.5 Å². The van der Waals surface area contributed by atoms with Crippen LogP contribution >= 0.6 is 11.6 Å². The number of benzene rings is 2. The van der Waals surface area contributed by atoms with E-state index in [1.807, 2.05) is 6.07 Å². The number of imidazole rings is 1. The summed E-state index contributed by atoms with van der Waals surface area (Å²) in [7, 11) is 4.25. The number of hydrogen-bond acceptors (Lipinski definition) is 5. The summed E-state index contributed by atoms with van der Waals surface area (Å²) in [4.78, 5) is 24.9. The number of H-pyrrole nitrogens is 1. The van der Waals surface area contributed by atoms with E-state index in [0.717, 1.165) is 36.2 Å². The minimum atomic E-state index is -0.265. The number of halogens is 1. The Balaban J connectivity index is 1.59. The summed E-state index contributed by atoms with van der Waals surface area (Å²) >= 11 is 6.14. The number of nitrogens with one attached hydrogen (secondary N) is 1. The number of nitrogens with zero attached hydrogens (tertiary/aromatic N) is 4. The lowest BCUT2D eigenvalue weighted by Gasteiger charge is -2.21. The van der Waals surface area contributed by atoms with E-state index >= 15 is 0 Å². The number of likely N-dealkylation sites (N-methyl/N-ethyl adjacent to an activating group) is 1. The second kappa shape index (κ2) is 7.04. The van der Waals surface area contributed by atoms with E-state index in [1.165, 1.54) is 0 Å². The van der Waals surface area contributed by atoms with Gasteiger partial charge in [-0.15, -0.1) is 0 Å². The molecule has 30 heavy (non-hydrogen) atoms. The number of nitrogen functional groups attached to an aromatic ring is 1. The van der Waals surface area contributed by atoms with Crippen LogP contribution in [-0.2, 0) is 0 Å². The van der Waals surface area contributed by atoms with E-state index in [1.54, 1.807) is 29.1 Å². The van der Waals surface area contributed by atoms with Crippen LogP contribution in [-0.4, -0.2) is 52.7 Å². The van der Waals surface area contributed by atoms with Gasteiger partial charge in [-0.1, -0.05) is 11.6 Å². The average molecular weight is 423 g/mol. The number of pyridine rings is 1. The van der Waals surface area contributed by atoms with Gasteiger partial charge in [-0.05, 0) is 56.9 Å². The van der Waals surface area contributed by atoms with Gasteiger partial charge in [0.05, 0.1) is 22.2 Å². The van der Waals surface area contributed by atoms with Gasteiger partial charge in [0.25, 0.3) is 5.56 Å². The van der Waals surface area contributed by atoms with Gasteiger partial charge in [-0.3, -0.25) is 9.36 Å². The number of aromatic nitrogens is 3. The van der Waals surface area contributed by atoms with E-state index < -0.39 is 0 Å². The maximum Gasteiger partial charge on any atom is 0.274 e. The topological polar surface area (TPSA) is 83.2 Å². The lowest BCUT2D eigenvalue weighted by Crippen LogP contribution is -2.31. The largest absolute Gasteiger partial charge is 0.396 e. The van der Waals surface area contributed by atoms with Gasteiger partial charge in [0.1, 0.15) is 12.0 Å². The van der Waals surface area contributed by atoms with E-state index in [2.05, 4.69) is 46.0 Å². The van der Waals surface area contributed by atoms with E-state index in [4.69, 9.17) is 17.3 Å². The highest BCUT2D eigenvalue weighted by atomic mass is 35.5. The maximum absolute atomic E-state index is 12.8. The van der Waals surface area contributed by atoms with Gasteiger partial charge in [-0.2, -0.15) is 0 Å². The Kier molecular flexibility index (Phi) is 4.45. The number of nitrogens with two attached hydrogens (primary N) is 1. The van der Waals surface area contributed by atoms with Crippen molar-refractivity contribution in [2.24, 2.45) is 0 Å². The van der Waals surface area contributed by atoms with Crippen molar-refractivity contribution < 1.29 is 0 Å². The standard InChI is InChI=1S/C22H23ClN6O/c1-27(2)15-7-8-28(11-15)14-4-6-19-18(10-14)25-12-29(19)21-20(24)16-9-13(23)3-5-17(16)26-22(21)30/h3-6,9-10,12,15H,7-8,11H2,1-2H3,(H3,24,26,30)/t15-/m1/s1. The minimum absolute atomic E-state index is 0.265. The maximum atomic E-state index is 12.8. The molecule has 4 aromatic rings. The third-order valence-electron chi connectivity index (χ3n) is 6.02. The zero-order valence-corrected chi connectivity index (χ0v) is 17.6. The fraction of sp³-hybridized carbons (Fsp3) is 0.273. The van der Waals surface area contributed by atoms with Gasteiger partial charge in [0, 0.05) is 35.2 Å². The van der Waals surface area contributed by atoms with Crippen molar-refractivity contribution in [1.29, 1.82) is 0 Å². The summed E-state index contributed by atoms with van der Waals surface area (Å²) in [6, 6.07) is 12.0. The Morgan fingerprint density at radius 2 is 2.07 bits per heavy atom. The van der Waals surface area contributed by atoms with Crippen LogP contribution in [0, 0.1) is 0 Å². The van der Waals surface area contributed by atoms with E-state index in [0.29, 0.717) is 33.3 Å². The van der Waals surface area contributed by atoms with Crippen molar-refractivity contribution in [2.75, 3.05) is 37.8 Å². The molecule has 0 saturated carbocycles. The first-order valence-electron chi connectivity index (χ1n) is 9.92. The fourth-order valence-corrected chi connectivity index (χ4v) is 4.46. The molecular weight excluding hydrogens is 400 g/mol. The monoisotopic (exact) mass is 422 g/mol. The van der Waals surface area contributed by atoms with E-state index in [9.17, 15) is 4.79 Å². The normalized spacial score (nSPS) is 16.9. The summed E-state index contributed by atoms with van der Waals surface area (Å²) in [5, 5.41) is 1.27. The van der Waals surface area contributed by atoms with Crippen molar-refractivity contribution in [3.05, 3.63) is 58.1 Å². The van der Waals surface area contributed by atoms with Crippen LogP contribution in [0.2, 0.25) is 5.02 Å². The van der Waals surface area contributed by atoms with Gasteiger partial charge >= 0.3 is 0 Å². The first kappa shape index (κ1) is 19.0. The van der Waals surface area contributed by atoms with E-state index in [-0.39, 0.29) is 5.56 Å². The van der Waals surface area contributed by atoms with Gasteiger partial charge < -0.3 is 20.5 Å². The Bertz CT molecular complexity index is 1320. The Morgan fingerprint density at radius 3 is 2.83 bits per heavy atom. The third-order valence-corrected chi connectivity index (χ3v) is 6.26. The molecule has 1 aliphatic rings. The summed E-state index contributed by atoms with van der Waals surface area (Å²) in [5.41, 5.74) is 10.3. The highest BCUT2D eigenvalue weighted by Gasteiger charge is 2.24. The van der Waals surface area contributed by atoms with Crippen molar-refractivity contribution in [3.8, 4) is 5.69 Å². The molecule has 5 rings (SSSR count). The molecule has 2 aromatic carbocycles. The van der Waals surface area contributed by atoms with Crippen LogP contribution in [0.1, 0.15) is 6.42 Å². The highest BCUT2D eigenvalue weighted by molar-refractivity contribution is 6.31. The molecule has 2 aromatic heterocycles. The molecule has 0 spiro atoms. The SMILES string of the molecule is CN(C)[C@@H]1CCN(c2ccc3c(c2)ncn3-c2c(N)c3cc(Cl)ccc3[nH]c2=O)C1. The van der Waals surface area contributed by atoms with Crippen LogP contribution in [0.5, 0.6) is 0 Å². The Morgan fingerprint density at radius 1 is 1.23 bits per heavy atom. The average Bonchev–Trinajstić information content (AvgIpc) is 3.36. The van der Waals surface area contributed by atoms with Crippen LogP contribution in [0.3, 0.4) is 0 Å². The number of anilines is 2. The smallest absolute Gasteiger partial charge is 0.274 e. The quantitative estimate of drug-likeness (QED) is 0.529. The lowest BCUT2D eigenvalue weighted by molar-refractivity contribution is 0.315. The molecule has 1 aliphatic heterocycles. The summed E-state index contributed by atoms with van der Waals surface area (Å²) < 4.78 is 1.75. The molecule has 0 aliphatic carbocycles. The minimum Gasteiger partial charge on any atom is -0.396 e. The molecule has 0 amide bonds. The summed E-state index contributed by atoms with van der Waals surface area (Å²) in [5.74, 6) is 0. The zero-order chi connectivity index (χ0) is 21.0. The molecule has 7 nitrogen and oxygen atoms in total. The third kappa shape index (κ3) is 3.02. The number of hydrogen-bond donors (Lipinski definition) is 2. The molecule has 154 valence electrons. The van der Waals surface area contributed by atoms with Crippen LogP contribution in [0.4, 0.5) is 11.4 Å². The molecule has 0 unspecified atom stereocenters. The predicted molar refractivity (Wildman–Crippen MR) is 123 cm³/mol. The van der Waals surface area contributed by atoms with Crippen molar-refractivity contribution >= 4 is 44.9 Å². The first-order chi connectivity index (χ1) is 14.4. The molecule has 3 N–H and O–H groups in total. The van der Waals surface area contributed by atoms with Crippen LogP contribution < -0.4 is 16.2 Å². The van der Waals surface area contributed by atoms with Gasteiger partial charge in [-0.25, -0.2) is 4.98 Å². The number of fused-ring (bicyclic) bond motifs is 2. The zero-order valence-electron chi connectivity index (χ0n) is 16.9. The highest BCUT2D eigenvalue weighted by Crippen LogP contribution is 2.30. The van der Waals surface area contributed by atoms with Gasteiger partial charge in [0.15, 0.2) is 0 Å². The molecular formula is C22H23ClN6O. The Labute approximate surface area is 178 Å². The molecule has 1 saturated heterocycles. The molecule has 1 fully saturated rings. The summed E-state index contributed by atoms with van der Waals surface area (Å²) in [6.07, 6.45) is 2.80. The van der Waals surface area contributed by atoms with Crippen molar-refractivity contribution in [2.45, 2.75) is 12.5 Å².